The topological polar surface area (TPSA) is 92.2 Å². The number of benzene rings is 1. The van der Waals surface area contributed by atoms with Crippen molar-refractivity contribution in [3.8, 4) is 0 Å². The predicted molar refractivity (Wildman–Crippen MR) is 134 cm³/mol. The Hall–Kier alpha value is -3.74. The third-order valence-electron chi connectivity index (χ3n) is 6.31. The van der Waals surface area contributed by atoms with Crippen molar-refractivity contribution in [1.82, 2.24) is 19.3 Å². The zero-order chi connectivity index (χ0) is 24.2. The van der Waals surface area contributed by atoms with Crippen molar-refractivity contribution in [2.75, 3.05) is 6.54 Å². The molecule has 0 aliphatic rings. The molecule has 3 aromatic heterocycles. The number of carbonyl (C=O) groups is 1. The van der Waals surface area contributed by atoms with E-state index < -0.39 is 0 Å². The molecule has 0 saturated carbocycles. The highest BCUT2D eigenvalue weighted by molar-refractivity contribution is 5.96. The number of hydrogen-bond donors (Lipinski definition) is 2. The van der Waals surface area contributed by atoms with E-state index in [4.69, 9.17) is 10.4 Å². The Morgan fingerprint density at radius 2 is 1.85 bits per heavy atom. The molecule has 0 spiro atoms. The summed E-state index contributed by atoms with van der Waals surface area (Å²) in [5.74, 6) is -0.342. The van der Waals surface area contributed by atoms with Crippen LogP contribution < -0.4 is 16.4 Å². The van der Waals surface area contributed by atoms with Crippen molar-refractivity contribution in [3.63, 3.8) is 0 Å². The van der Waals surface area contributed by atoms with Crippen molar-refractivity contribution in [3.05, 3.63) is 87.3 Å². The molecule has 1 unspecified atom stereocenters. The molecular weight excluding hydrogens is 426 g/mol. The first-order valence-electron chi connectivity index (χ1n) is 11.9. The summed E-state index contributed by atoms with van der Waals surface area (Å²) in [5, 5.41) is 12.2. The summed E-state index contributed by atoms with van der Waals surface area (Å²) in [5.41, 5.74) is 2.74. The molecule has 1 amide bonds. The predicted octanol–water partition coefficient (Wildman–Crippen LogP) is 4.36. The highest BCUT2D eigenvalue weighted by atomic mass is 16.1. The van der Waals surface area contributed by atoms with E-state index >= 15 is 0 Å². The van der Waals surface area contributed by atoms with E-state index in [2.05, 4.69) is 12.2 Å². The van der Waals surface area contributed by atoms with Gasteiger partial charge in [0.25, 0.3) is 11.5 Å². The Morgan fingerprint density at radius 3 is 2.59 bits per heavy atom. The monoisotopic (exact) mass is 457 g/mol. The van der Waals surface area contributed by atoms with Gasteiger partial charge in [-0.15, -0.1) is 0 Å². The lowest BCUT2D eigenvalue weighted by Crippen LogP contribution is -2.36. The average Bonchev–Trinajstić information content (AvgIpc) is 2.84. The SMILES string of the molecule is CCCCCCNC(=O)c1cc2c(=O)n3cccc(C)c3nc2n(C(C)c2ccccc2)c1=N. The molecule has 4 rings (SSSR count). The van der Waals surface area contributed by atoms with E-state index in [1.807, 2.05) is 50.2 Å². The second-order valence-corrected chi connectivity index (χ2v) is 8.72. The number of pyridine rings is 2. The summed E-state index contributed by atoms with van der Waals surface area (Å²) in [6.45, 7) is 6.55. The van der Waals surface area contributed by atoms with E-state index in [0.29, 0.717) is 23.2 Å². The minimum absolute atomic E-state index is 0.0414. The van der Waals surface area contributed by atoms with Crippen molar-refractivity contribution >= 4 is 22.6 Å². The van der Waals surface area contributed by atoms with Crippen LogP contribution in [-0.2, 0) is 0 Å². The number of nitrogens with one attached hydrogen (secondary N) is 2. The number of nitrogens with zero attached hydrogens (tertiary/aromatic N) is 3. The molecule has 2 N–H and O–H groups in total. The van der Waals surface area contributed by atoms with Gasteiger partial charge in [-0.3, -0.25) is 19.4 Å². The Kier molecular flexibility index (Phi) is 6.91. The maximum Gasteiger partial charge on any atom is 0.267 e. The lowest BCUT2D eigenvalue weighted by Gasteiger charge is -2.21. The van der Waals surface area contributed by atoms with E-state index in [0.717, 1.165) is 36.8 Å². The van der Waals surface area contributed by atoms with Crippen LogP contribution in [0.3, 0.4) is 0 Å². The van der Waals surface area contributed by atoms with Gasteiger partial charge in [0.05, 0.1) is 17.0 Å². The minimum atomic E-state index is -0.342. The van der Waals surface area contributed by atoms with Crippen LogP contribution in [0.4, 0.5) is 0 Å². The van der Waals surface area contributed by atoms with Gasteiger partial charge in [0.15, 0.2) is 0 Å². The number of carbonyl (C=O) groups excluding carboxylic acids is 1. The Balaban J connectivity index is 1.92. The largest absolute Gasteiger partial charge is 0.352 e. The number of hydrogen-bond acceptors (Lipinski definition) is 4. The van der Waals surface area contributed by atoms with Crippen molar-refractivity contribution < 1.29 is 4.79 Å². The number of unbranched alkanes of at least 4 members (excludes halogenated alkanes) is 3. The summed E-state index contributed by atoms with van der Waals surface area (Å²) in [7, 11) is 0. The van der Waals surface area contributed by atoms with Crippen LogP contribution >= 0.6 is 0 Å². The highest BCUT2D eigenvalue weighted by Gasteiger charge is 2.21. The lowest BCUT2D eigenvalue weighted by molar-refractivity contribution is 0.0950. The molecule has 0 fully saturated rings. The van der Waals surface area contributed by atoms with E-state index in [1.165, 1.54) is 10.5 Å². The molecule has 7 nitrogen and oxygen atoms in total. The quantitative estimate of drug-likeness (QED) is 0.304. The zero-order valence-electron chi connectivity index (χ0n) is 20.0. The number of aryl methyl sites for hydroxylation is 1. The highest BCUT2D eigenvalue weighted by Crippen LogP contribution is 2.21. The van der Waals surface area contributed by atoms with Crippen LogP contribution in [0.5, 0.6) is 0 Å². The fourth-order valence-electron chi connectivity index (χ4n) is 4.34. The Labute approximate surface area is 198 Å². The third-order valence-corrected chi connectivity index (χ3v) is 6.31. The standard InChI is InChI=1S/C27H31N5O2/c1-4-5-6-10-15-29-26(33)21-17-22-25(30-24-18(2)12-11-16-31(24)27(22)34)32(23(21)28)19(3)20-13-8-7-9-14-20/h7-9,11-14,16-17,19,28H,4-6,10,15H2,1-3H3,(H,29,33). The van der Waals surface area contributed by atoms with Crippen LogP contribution in [0.25, 0.3) is 16.7 Å². The zero-order valence-corrected chi connectivity index (χ0v) is 20.0. The molecule has 0 aliphatic heterocycles. The van der Waals surface area contributed by atoms with Crippen LogP contribution in [0.2, 0.25) is 0 Å². The smallest absolute Gasteiger partial charge is 0.267 e. The second-order valence-electron chi connectivity index (χ2n) is 8.72. The van der Waals surface area contributed by atoms with Gasteiger partial charge in [-0.25, -0.2) is 4.98 Å². The molecular formula is C27H31N5O2. The van der Waals surface area contributed by atoms with Gasteiger partial charge in [-0.05, 0) is 43.5 Å². The molecule has 1 aromatic carbocycles. The normalized spacial score (nSPS) is 12.2. The van der Waals surface area contributed by atoms with Gasteiger partial charge in [0, 0.05) is 12.7 Å². The molecule has 0 bridgehead atoms. The summed E-state index contributed by atoms with van der Waals surface area (Å²) in [6.07, 6.45) is 5.86. The van der Waals surface area contributed by atoms with Crippen LogP contribution in [0.15, 0.2) is 59.5 Å². The number of rotatable bonds is 8. The lowest BCUT2D eigenvalue weighted by atomic mass is 10.1. The van der Waals surface area contributed by atoms with Gasteiger partial charge >= 0.3 is 0 Å². The first-order valence-corrected chi connectivity index (χ1v) is 11.9. The molecule has 1 atom stereocenters. The van der Waals surface area contributed by atoms with E-state index in [1.54, 1.807) is 16.8 Å². The summed E-state index contributed by atoms with van der Waals surface area (Å²) in [4.78, 5) is 31.4. The number of amides is 1. The molecule has 0 radical (unpaired) electrons. The first-order chi connectivity index (χ1) is 16.4. The van der Waals surface area contributed by atoms with Gasteiger partial charge in [-0.2, -0.15) is 0 Å². The van der Waals surface area contributed by atoms with Gasteiger partial charge in [0.1, 0.15) is 16.8 Å². The van der Waals surface area contributed by atoms with Crippen molar-refractivity contribution in [1.29, 1.82) is 5.41 Å². The van der Waals surface area contributed by atoms with E-state index in [9.17, 15) is 9.59 Å². The molecule has 0 aliphatic carbocycles. The second kappa shape index (κ2) is 10.0. The first kappa shape index (κ1) is 23.4. The van der Waals surface area contributed by atoms with Gasteiger partial charge in [0.2, 0.25) is 0 Å². The molecule has 3 heterocycles. The molecule has 7 heteroatoms. The number of fused-ring (bicyclic) bond motifs is 2. The fraction of sp³-hybridized carbons (Fsp3) is 0.333. The van der Waals surface area contributed by atoms with Crippen LogP contribution in [0.1, 0.15) is 67.1 Å². The fourth-order valence-corrected chi connectivity index (χ4v) is 4.34. The maximum atomic E-state index is 13.5. The summed E-state index contributed by atoms with van der Waals surface area (Å²) in [6, 6.07) is 14.7. The van der Waals surface area contributed by atoms with Crippen LogP contribution in [-0.4, -0.2) is 26.4 Å². The van der Waals surface area contributed by atoms with Crippen LogP contribution in [0, 0.1) is 12.3 Å². The molecule has 176 valence electrons. The molecule has 0 saturated heterocycles. The molecule has 4 aromatic rings. The van der Waals surface area contributed by atoms with Gasteiger partial charge in [-0.1, -0.05) is 62.6 Å². The third kappa shape index (κ3) is 4.38. The Bertz CT molecular complexity index is 1450. The summed E-state index contributed by atoms with van der Waals surface area (Å²) < 4.78 is 3.20. The van der Waals surface area contributed by atoms with E-state index in [-0.39, 0.29) is 28.6 Å². The van der Waals surface area contributed by atoms with Crippen molar-refractivity contribution in [2.45, 2.75) is 52.5 Å². The van der Waals surface area contributed by atoms with Gasteiger partial charge < -0.3 is 9.88 Å². The maximum absolute atomic E-state index is 13.5. The molecule has 34 heavy (non-hydrogen) atoms. The summed E-state index contributed by atoms with van der Waals surface area (Å²) >= 11 is 0. The average molecular weight is 458 g/mol. The minimum Gasteiger partial charge on any atom is -0.352 e. The number of aromatic nitrogens is 3. The Morgan fingerprint density at radius 1 is 1.09 bits per heavy atom. The van der Waals surface area contributed by atoms with Crippen molar-refractivity contribution in [2.24, 2.45) is 0 Å².